The van der Waals surface area contributed by atoms with Gasteiger partial charge in [0, 0.05) is 44.3 Å². The maximum absolute atomic E-state index is 12.4. The van der Waals surface area contributed by atoms with Crippen LogP contribution in [-0.2, 0) is 16.1 Å². The minimum Gasteiger partial charge on any atom is -0.379 e. The molecule has 0 aromatic heterocycles. The Balaban J connectivity index is 1.49. The van der Waals surface area contributed by atoms with Crippen LogP contribution in [0.15, 0.2) is 29.3 Å². The Morgan fingerprint density at radius 3 is 2.76 bits per heavy atom. The summed E-state index contributed by atoms with van der Waals surface area (Å²) in [6, 6.07) is 8.00. The van der Waals surface area contributed by atoms with Gasteiger partial charge in [-0.3, -0.25) is 9.69 Å². The standard InChI is InChI=1S/C22H35N5O2/c1-2-23-22(24-10-11-27-12-14-29-15-13-27)25-17-18-6-5-9-20(16-18)26-21(28)19-7-3-4-8-19/h5-6,9,16,19H,2-4,7-8,10-15,17H2,1H3,(H,26,28)(H2,23,24,25). The minimum atomic E-state index is 0.154. The second-order valence-electron chi connectivity index (χ2n) is 7.75. The van der Waals surface area contributed by atoms with Crippen LogP contribution >= 0.6 is 0 Å². The molecule has 0 unspecified atom stereocenters. The molecule has 1 aliphatic heterocycles. The molecule has 1 aliphatic carbocycles. The topological polar surface area (TPSA) is 78.0 Å². The molecule has 0 atom stereocenters. The van der Waals surface area contributed by atoms with Gasteiger partial charge in [-0.2, -0.15) is 0 Å². The van der Waals surface area contributed by atoms with Crippen molar-refractivity contribution in [3.05, 3.63) is 29.8 Å². The van der Waals surface area contributed by atoms with Crippen LogP contribution in [0.1, 0.15) is 38.2 Å². The van der Waals surface area contributed by atoms with Crippen molar-refractivity contribution in [3.8, 4) is 0 Å². The molecule has 2 aliphatic rings. The molecule has 1 aromatic rings. The summed E-state index contributed by atoms with van der Waals surface area (Å²) in [5, 5.41) is 9.78. The van der Waals surface area contributed by atoms with Crippen LogP contribution in [0, 0.1) is 5.92 Å². The van der Waals surface area contributed by atoms with Crippen LogP contribution in [0.4, 0.5) is 5.69 Å². The number of amides is 1. The predicted molar refractivity (Wildman–Crippen MR) is 117 cm³/mol. The van der Waals surface area contributed by atoms with E-state index in [1.807, 2.05) is 24.3 Å². The molecule has 1 saturated carbocycles. The highest BCUT2D eigenvalue weighted by Crippen LogP contribution is 2.26. The first-order chi connectivity index (χ1) is 14.2. The number of carbonyl (C=O) groups excluding carboxylic acids is 1. The first kappa shape index (κ1) is 21.6. The second kappa shape index (κ2) is 11.8. The average Bonchev–Trinajstić information content (AvgIpc) is 3.28. The molecule has 0 radical (unpaired) electrons. The van der Waals surface area contributed by atoms with E-state index >= 15 is 0 Å². The first-order valence-corrected chi connectivity index (χ1v) is 11.0. The number of aliphatic imine (C=N–C) groups is 1. The lowest BCUT2D eigenvalue weighted by Crippen LogP contribution is -2.44. The summed E-state index contributed by atoms with van der Waals surface area (Å²) in [6.45, 7) is 8.92. The van der Waals surface area contributed by atoms with Crippen molar-refractivity contribution < 1.29 is 9.53 Å². The van der Waals surface area contributed by atoms with E-state index in [9.17, 15) is 4.79 Å². The van der Waals surface area contributed by atoms with Gasteiger partial charge in [-0.25, -0.2) is 4.99 Å². The zero-order valence-corrected chi connectivity index (χ0v) is 17.6. The van der Waals surface area contributed by atoms with Crippen molar-refractivity contribution in [1.82, 2.24) is 15.5 Å². The summed E-state index contributed by atoms with van der Waals surface area (Å²) in [5.41, 5.74) is 1.94. The number of carbonyl (C=O) groups is 1. The highest BCUT2D eigenvalue weighted by atomic mass is 16.5. The van der Waals surface area contributed by atoms with E-state index in [0.29, 0.717) is 6.54 Å². The molecule has 7 heteroatoms. The summed E-state index contributed by atoms with van der Waals surface area (Å²) in [7, 11) is 0. The fourth-order valence-corrected chi connectivity index (χ4v) is 3.85. The van der Waals surface area contributed by atoms with Crippen LogP contribution < -0.4 is 16.0 Å². The summed E-state index contributed by atoms with van der Waals surface area (Å²) in [4.78, 5) is 19.5. The third-order valence-corrected chi connectivity index (χ3v) is 5.51. The molecule has 2 fully saturated rings. The van der Waals surface area contributed by atoms with Crippen molar-refractivity contribution in [2.45, 2.75) is 39.2 Å². The average molecular weight is 402 g/mol. The van der Waals surface area contributed by atoms with Gasteiger partial charge in [0.05, 0.1) is 19.8 Å². The quantitative estimate of drug-likeness (QED) is 0.460. The van der Waals surface area contributed by atoms with E-state index in [1.54, 1.807) is 0 Å². The fourth-order valence-electron chi connectivity index (χ4n) is 3.85. The lowest BCUT2D eigenvalue weighted by Gasteiger charge is -2.26. The van der Waals surface area contributed by atoms with Crippen LogP contribution in [0.5, 0.6) is 0 Å². The lowest BCUT2D eigenvalue weighted by molar-refractivity contribution is -0.119. The van der Waals surface area contributed by atoms with Crippen molar-refractivity contribution in [1.29, 1.82) is 0 Å². The van der Waals surface area contributed by atoms with Gasteiger partial charge in [0.15, 0.2) is 5.96 Å². The van der Waals surface area contributed by atoms with Gasteiger partial charge in [-0.1, -0.05) is 25.0 Å². The van der Waals surface area contributed by atoms with Crippen molar-refractivity contribution >= 4 is 17.6 Å². The van der Waals surface area contributed by atoms with Crippen LogP contribution in [0.3, 0.4) is 0 Å². The SMILES string of the molecule is CCNC(=NCc1cccc(NC(=O)C2CCCC2)c1)NCCN1CCOCC1. The maximum Gasteiger partial charge on any atom is 0.227 e. The number of rotatable bonds is 8. The van der Waals surface area contributed by atoms with Gasteiger partial charge < -0.3 is 20.7 Å². The molecule has 0 bridgehead atoms. The van der Waals surface area contributed by atoms with Gasteiger partial charge in [0.1, 0.15) is 0 Å². The predicted octanol–water partition coefficient (Wildman–Crippen LogP) is 2.20. The van der Waals surface area contributed by atoms with Gasteiger partial charge in [0.25, 0.3) is 0 Å². The van der Waals surface area contributed by atoms with Gasteiger partial charge in [0.2, 0.25) is 5.91 Å². The maximum atomic E-state index is 12.4. The molecule has 1 amide bonds. The molecule has 3 rings (SSSR count). The summed E-state index contributed by atoms with van der Waals surface area (Å²) < 4.78 is 5.39. The molecule has 3 N–H and O–H groups in total. The zero-order chi connectivity index (χ0) is 20.3. The number of ether oxygens (including phenoxy) is 1. The number of benzene rings is 1. The smallest absolute Gasteiger partial charge is 0.227 e. The Morgan fingerprint density at radius 1 is 1.21 bits per heavy atom. The largest absolute Gasteiger partial charge is 0.379 e. The van der Waals surface area contributed by atoms with Gasteiger partial charge >= 0.3 is 0 Å². The number of morpholine rings is 1. The van der Waals surface area contributed by atoms with Gasteiger partial charge in [-0.15, -0.1) is 0 Å². The molecule has 1 saturated heterocycles. The van der Waals surface area contributed by atoms with Crippen molar-refractivity contribution in [2.75, 3.05) is 51.3 Å². The first-order valence-electron chi connectivity index (χ1n) is 11.0. The zero-order valence-electron chi connectivity index (χ0n) is 17.6. The highest BCUT2D eigenvalue weighted by Gasteiger charge is 2.22. The fraction of sp³-hybridized carbons (Fsp3) is 0.636. The number of nitrogens with zero attached hydrogens (tertiary/aromatic N) is 2. The molecule has 0 spiro atoms. The van der Waals surface area contributed by atoms with E-state index in [4.69, 9.17) is 9.73 Å². The number of guanidine groups is 1. The molecule has 7 nitrogen and oxygen atoms in total. The third kappa shape index (κ3) is 7.33. The highest BCUT2D eigenvalue weighted by molar-refractivity contribution is 5.92. The molecule has 160 valence electrons. The lowest BCUT2D eigenvalue weighted by atomic mass is 10.1. The van der Waals surface area contributed by atoms with E-state index < -0.39 is 0 Å². The van der Waals surface area contributed by atoms with E-state index in [-0.39, 0.29) is 11.8 Å². The minimum absolute atomic E-state index is 0.154. The normalized spacial score (nSPS) is 18.6. The molecule has 1 aromatic carbocycles. The summed E-state index contributed by atoms with van der Waals surface area (Å²) in [6.07, 6.45) is 4.35. The Morgan fingerprint density at radius 2 is 2.00 bits per heavy atom. The van der Waals surface area contributed by atoms with Crippen LogP contribution in [0.2, 0.25) is 0 Å². The van der Waals surface area contributed by atoms with E-state index in [0.717, 1.165) is 76.0 Å². The number of hydrogen-bond acceptors (Lipinski definition) is 4. The summed E-state index contributed by atoms with van der Waals surface area (Å²) >= 11 is 0. The third-order valence-electron chi connectivity index (χ3n) is 5.51. The second-order valence-corrected chi connectivity index (χ2v) is 7.75. The molecule has 29 heavy (non-hydrogen) atoms. The van der Waals surface area contributed by atoms with Crippen molar-refractivity contribution in [2.24, 2.45) is 10.9 Å². The number of nitrogens with one attached hydrogen (secondary N) is 3. The van der Waals surface area contributed by atoms with Gasteiger partial charge in [-0.05, 0) is 37.5 Å². The van der Waals surface area contributed by atoms with Crippen LogP contribution in [0.25, 0.3) is 0 Å². The van der Waals surface area contributed by atoms with Crippen LogP contribution in [-0.4, -0.2) is 62.7 Å². The van der Waals surface area contributed by atoms with E-state index in [2.05, 4.69) is 27.8 Å². The Labute approximate surface area is 174 Å². The molecule has 1 heterocycles. The van der Waals surface area contributed by atoms with E-state index in [1.165, 1.54) is 12.8 Å². The molecular weight excluding hydrogens is 366 g/mol. The Bertz CT molecular complexity index is 667. The summed E-state index contributed by atoms with van der Waals surface area (Å²) in [5.74, 6) is 1.15. The monoisotopic (exact) mass is 401 g/mol. The van der Waals surface area contributed by atoms with Crippen molar-refractivity contribution in [3.63, 3.8) is 0 Å². The Hall–Kier alpha value is -2.12. The number of hydrogen-bond donors (Lipinski definition) is 3. The number of anilines is 1. The molecular formula is C22H35N5O2. The Kier molecular flexibility index (Phi) is 8.77.